The molecule has 9 nitrogen and oxygen atoms in total. The molecule has 3 aromatic rings. The maximum atomic E-state index is 12.7. The summed E-state index contributed by atoms with van der Waals surface area (Å²) >= 11 is 7.55. The summed E-state index contributed by atoms with van der Waals surface area (Å²) in [6.07, 6.45) is 1.07. The van der Waals surface area contributed by atoms with Crippen LogP contribution in [0.4, 0.5) is 18.9 Å². The van der Waals surface area contributed by atoms with E-state index in [1.807, 2.05) is 36.4 Å². The van der Waals surface area contributed by atoms with E-state index < -0.39 is 12.1 Å². The third-order valence-corrected chi connectivity index (χ3v) is 7.51. The quantitative estimate of drug-likeness (QED) is 0.284. The molecule has 0 radical (unpaired) electrons. The number of carbonyl (C=O) groups is 3. The molecule has 2 fully saturated rings. The average Bonchev–Trinajstić information content (AvgIpc) is 3.28. The summed E-state index contributed by atoms with van der Waals surface area (Å²) in [7, 11) is 0. The van der Waals surface area contributed by atoms with E-state index in [1.54, 1.807) is 24.4 Å². The molecule has 0 bridgehead atoms. The maximum absolute atomic E-state index is 12.7. The van der Waals surface area contributed by atoms with Gasteiger partial charge in [-0.15, -0.1) is 0 Å². The van der Waals surface area contributed by atoms with Crippen LogP contribution in [0.2, 0.25) is 5.02 Å². The fraction of sp³-hybridized carbons (Fsp3) is 0.250. The van der Waals surface area contributed by atoms with Gasteiger partial charge in [-0.1, -0.05) is 23.7 Å². The Morgan fingerprint density at radius 3 is 2.52 bits per heavy atom. The van der Waals surface area contributed by atoms with Crippen molar-refractivity contribution in [3.8, 4) is 0 Å². The van der Waals surface area contributed by atoms with Crippen molar-refractivity contribution in [1.82, 2.24) is 15.6 Å². The minimum atomic E-state index is -5.08. The number of hydrogen-bond acceptors (Lipinski definition) is 7. The zero-order chi connectivity index (χ0) is 30.4. The van der Waals surface area contributed by atoms with Crippen LogP contribution >= 0.6 is 23.4 Å². The fourth-order valence-electron chi connectivity index (χ4n) is 4.15. The molecule has 1 saturated carbocycles. The van der Waals surface area contributed by atoms with Crippen LogP contribution in [-0.2, 0) is 9.59 Å². The lowest BCUT2D eigenvalue weighted by molar-refractivity contribution is -0.192. The number of aliphatic imine (C=N–C) groups is 1. The molecule has 14 heteroatoms. The van der Waals surface area contributed by atoms with Crippen LogP contribution < -0.4 is 10.6 Å². The minimum absolute atomic E-state index is 0.0413. The first-order valence-corrected chi connectivity index (χ1v) is 13.8. The molecule has 1 saturated heterocycles. The lowest BCUT2D eigenvalue weighted by atomic mass is 9.93. The summed E-state index contributed by atoms with van der Waals surface area (Å²) in [6.45, 7) is 0. The first kappa shape index (κ1) is 31.0. The van der Waals surface area contributed by atoms with Crippen LogP contribution in [0.15, 0.2) is 64.6 Å². The summed E-state index contributed by atoms with van der Waals surface area (Å²) in [6, 6.07) is 14.6. The molecule has 4 N–H and O–H groups in total. The van der Waals surface area contributed by atoms with E-state index >= 15 is 0 Å². The number of carbonyl (C=O) groups excluding carboxylic acids is 2. The van der Waals surface area contributed by atoms with Crippen molar-refractivity contribution in [3.63, 3.8) is 0 Å². The molecule has 0 atom stereocenters. The second kappa shape index (κ2) is 13.4. The SMILES string of the molecule is O=C(O)C(F)(F)F.O=C1NC(=Nc2cc(C(=O)NC3CCC(O)CC3)ccc2Cl)SC1=Cc1ccc2ncccc2c1. The van der Waals surface area contributed by atoms with E-state index in [1.165, 1.54) is 11.8 Å². The lowest BCUT2D eigenvalue weighted by Gasteiger charge is -2.26. The summed E-state index contributed by atoms with van der Waals surface area (Å²) in [4.78, 5) is 43.5. The van der Waals surface area contributed by atoms with E-state index in [4.69, 9.17) is 21.5 Å². The molecule has 2 amide bonds. The largest absolute Gasteiger partial charge is 0.490 e. The molecule has 2 aromatic carbocycles. The highest BCUT2D eigenvalue weighted by Gasteiger charge is 2.38. The summed E-state index contributed by atoms with van der Waals surface area (Å²) in [5, 5.41) is 24.3. The smallest absolute Gasteiger partial charge is 0.475 e. The van der Waals surface area contributed by atoms with Gasteiger partial charge in [0.1, 0.15) is 0 Å². The van der Waals surface area contributed by atoms with Gasteiger partial charge in [0.05, 0.1) is 27.2 Å². The number of halogens is 4. The van der Waals surface area contributed by atoms with Gasteiger partial charge in [-0.05, 0) is 85.5 Å². The molecule has 2 heterocycles. The second-order valence-electron chi connectivity index (χ2n) is 9.39. The number of thioether (sulfide) groups is 1. The van der Waals surface area contributed by atoms with Gasteiger partial charge in [-0.25, -0.2) is 9.79 Å². The van der Waals surface area contributed by atoms with Crippen molar-refractivity contribution in [2.75, 3.05) is 0 Å². The van der Waals surface area contributed by atoms with E-state index in [-0.39, 0.29) is 24.0 Å². The number of aromatic nitrogens is 1. The molecule has 1 aliphatic heterocycles. The molecular weight excluding hydrogens is 597 g/mol. The van der Waals surface area contributed by atoms with Gasteiger partial charge < -0.3 is 20.8 Å². The van der Waals surface area contributed by atoms with Gasteiger partial charge in [0.25, 0.3) is 11.8 Å². The normalized spacial score (nSPS) is 20.6. The Bertz CT molecular complexity index is 1570. The number of nitrogens with one attached hydrogen (secondary N) is 2. The molecule has 0 spiro atoms. The van der Waals surface area contributed by atoms with E-state index in [0.29, 0.717) is 39.2 Å². The highest BCUT2D eigenvalue weighted by molar-refractivity contribution is 8.18. The summed E-state index contributed by atoms with van der Waals surface area (Å²) in [5.41, 5.74) is 2.62. The molecule has 1 aromatic heterocycles. The van der Waals surface area contributed by atoms with Crippen molar-refractivity contribution in [2.24, 2.45) is 4.99 Å². The van der Waals surface area contributed by atoms with Crippen molar-refractivity contribution < 1.29 is 37.8 Å². The second-order valence-corrected chi connectivity index (χ2v) is 10.8. The number of fused-ring (bicyclic) bond motifs is 1. The number of aliphatic hydroxyl groups is 1. The topological polar surface area (TPSA) is 141 Å². The third-order valence-electron chi connectivity index (χ3n) is 6.28. The Morgan fingerprint density at radius 1 is 1.12 bits per heavy atom. The number of hydrogen-bond donors (Lipinski definition) is 4. The van der Waals surface area contributed by atoms with Crippen molar-refractivity contribution >= 4 is 69.0 Å². The van der Waals surface area contributed by atoms with Gasteiger partial charge in [-0.3, -0.25) is 14.6 Å². The lowest BCUT2D eigenvalue weighted by Crippen LogP contribution is -2.38. The highest BCUT2D eigenvalue weighted by Crippen LogP contribution is 2.32. The van der Waals surface area contributed by atoms with Crippen LogP contribution in [0.5, 0.6) is 0 Å². The predicted molar refractivity (Wildman–Crippen MR) is 153 cm³/mol. The number of rotatable bonds is 4. The number of aliphatic carboxylic acids is 1. The zero-order valence-electron chi connectivity index (χ0n) is 21.7. The van der Waals surface area contributed by atoms with E-state index in [9.17, 15) is 27.9 Å². The Balaban J connectivity index is 0.000000517. The van der Waals surface area contributed by atoms with Crippen molar-refractivity contribution in [2.45, 2.75) is 44.0 Å². The number of amides is 2. The first-order chi connectivity index (χ1) is 19.9. The molecule has 0 unspecified atom stereocenters. The van der Waals surface area contributed by atoms with Crippen LogP contribution in [0.3, 0.4) is 0 Å². The van der Waals surface area contributed by atoms with E-state index in [2.05, 4.69) is 20.6 Å². The van der Waals surface area contributed by atoms with Gasteiger partial charge >= 0.3 is 12.1 Å². The summed E-state index contributed by atoms with van der Waals surface area (Å²) in [5.74, 6) is -3.21. The molecular formula is C28H24ClF3N4O5S. The molecule has 42 heavy (non-hydrogen) atoms. The number of alkyl halides is 3. The monoisotopic (exact) mass is 620 g/mol. The Labute approximate surface area is 246 Å². The number of nitrogens with zero attached hydrogens (tertiary/aromatic N) is 2. The van der Waals surface area contributed by atoms with Gasteiger partial charge in [0, 0.05) is 23.2 Å². The number of aliphatic hydroxyl groups excluding tert-OH is 1. The summed E-state index contributed by atoms with van der Waals surface area (Å²) < 4.78 is 31.7. The standard InChI is InChI=1S/C26H23ClN4O3S.C2HF3O2/c27-20-9-4-17(24(33)29-18-5-7-19(32)8-6-18)14-22(20)30-26-31-25(34)23(35-26)13-15-3-10-21-16(12-15)2-1-11-28-21;3-2(4,5)1(6)7/h1-4,9-14,18-19,32H,5-8H2,(H,29,33)(H,30,31,34);(H,6,7). The molecule has 2 aliphatic rings. The van der Waals surface area contributed by atoms with Crippen molar-refractivity contribution in [1.29, 1.82) is 0 Å². The Morgan fingerprint density at radius 2 is 1.83 bits per heavy atom. The van der Waals surface area contributed by atoms with Gasteiger partial charge in [-0.2, -0.15) is 13.2 Å². The van der Waals surface area contributed by atoms with Crippen LogP contribution in [-0.4, -0.2) is 56.5 Å². The fourth-order valence-corrected chi connectivity index (χ4v) is 5.15. The molecule has 220 valence electrons. The van der Waals surface area contributed by atoms with Gasteiger partial charge in [0.15, 0.2) is 5.17 Å². The number of carboxylic acid groups (broad SMARTS) is 1. The number of pyridine rings is 1. The number of carboxylic acids is 1. The minimum Gasteiger partial charge on any atom is -0.475 e. The van der Waals surface area contributed by atoms with Crippen LogP contribution in [0, 0.1) is 0 Å². The molecule has 5 rings (SSSR count). The third kappa shape index (κ3) is 8.30. The first-order valence-electron chi connectivity index (χ1n) is 12.6. The van der Waals surface area contributed by atoms with Crippen molar-refractivity contribution in [3.05, 3.63) is 75.8 Å². The highest BCUT2D eigenvalue weighted by atomic mass is 35.5. The van der Waals surface area contributed by atoms with Crippen LogP contribution in [0.1, 0.15) is 41.6 Å². The number of amidine groups is 1. The van der Waals surface area contributed by atoms with Gasteiger partial charge in [0.2, 0.25) is 0 Å². The number of benzene rings is 2. The van der Waals surface area contributed by atoms with Crippen LogP contribution in [0.25, 0.3) is 17.0 Å². The average molecular weight is 621 g/mol. The maximum Gasteiger partial charge on any atom is 0.490 e. The molecule has 1 aliphatic carbocycles. The van der Waals surface area contributed by atoms with E-state index in [0.717, 1.165) is 29.3 Å². The Hall–Kier alpha value is -3.94. The predicted octanol–water partition coefficient (Wildman–Crippen LogP) is 5.45. The Kier molecular flexibility index (Phi) is 9.86. The zero-order valence-corrected chi connectivity index (χ0v) is 23.3.